The van der Waals surface area contributed by atoms with E-state index in [0.717, 1.165) is 39.0 Å². The Bertz CT molecular complexity index is 1690. The van der Waals surface area contributed by atoms with Gasteiger partial charge in [-0.3, -0.25) is 0 Å². The number of halogens is 2. The summed E-state index contributed by atoms with van der Waals surface area (Å²) >= 11 is 12.4. The van der Waals surface area contributed by atoms with Crippen LogP contribution in [0.25, 0.3) is 22.2 Å². The Morgan fingerprint density at radius 2 is 1.51 bits per heavy atom. The summed E-state index contributed by atoms with van der Waals surface area (Å²) in [7, 11) is 3.28. The first-order chi connectivity index (χ1) is 19.0. The molecule has 0 saturated carbocycles. The van der Waals surface area contributed by atoms with E-state index in [9.17, 15) is 0 Å². The lowest BCUT2D eigenvalue weighted by Gasteiger charge is -2.23. The van der Waals surface area contributed by atoms with Crippen molar-refractivity contribution in [1.29, 1.82) is 0 Å². The highest BCUT2D eigenvalue weighted by Crippen LogP contribution is 2.39. The molecule has 4 aromatic carbocycles. The molecule has 1 aromatic heterocycles. The first-order valence-corrected chi connectivity index (χ1v) is 13.2. The fraction of sp³-hybridized carbons (Fsp3) is 0.129. The van der Waals surface area contributed by atoms with Crippen molar-refractivity contribution in [2.24, 2.45) is 5.10 Å². The van der Waals surface area contributed by atoms with Crippen LogP contribution in [0.15, 0.2) is 96.1 Å². The maximum Gasteiger partial charge on any atom is 0.247 e. The highest BCUT2D eigenvalue weighted by Gasteiger charge is 2.33. The van der Waals surface area contributed by atoms with E-state index in [-0.39, 0.29) is 6.04 Å². The van der Waals surface area contributed by atoms with Gasteiger partial charge < -0.3 is 9.47 Å². The zero-order chi connectivity index (χ0) is 26.9. The molecule has 0 unspecified atom stereocenters. The van der Waals surface area contributed by atoms with Crippen LogP contribution in [0.5, 0.6) is 11.5 Å². The number of nitrogens with zero attached hydrogens (tertiary/aromatic N) is 4. The number of benzene rings is 4. The number of anilines is 1. The molecule has 2 heterocycles. The lowest BCUT2D eigenvalue weighted by Crippen LogP contribution is -2.21. The monoisotopic (exact) mass is 554 g/mol. The molecule has 0 amide bonds. The van der Waals surface area contributed by atoms with Crippen molar-refractivity contribution in [3.8, 4) is 22.8 Å². The van der Waals surface area contributed by atoms with Crippen LogP contribution in [0.1, 0.15) is 23.6 Å². The Hall–Kier alpha value is -4.13. The average molecular weight is 555 g/mol. The van der Waals surface area contributed by atoms with E-state index in [0.29, 0.717) is 33.9 Å². The topological polar surface area (TPSA) is 59.8 Å². The molecule has 0 N–H and O–H groups in total. The van der Waals surface area contributed by atoms with Gasteiger partial charge in [-0.15, -0.1) is 0 Å². The molecule has 1 atom stereocenters. The Labute approximate surface area is 236 Å². The summed E-state index contributed by atoms with van der Waals surface area (Å²) < 4.78 is 11.1. The second kappa shape index (κ2) is 10.6. The van der Waals surface area contributed by atoms with Crippen molar-refractivity contribution in [2.45, 2.75) is 12.5 Å². The van der Waals surface area contributed by atoms with Crippen LogP contribution in [-0.4, -0.2) is 29.9 Å². The largest absolute Gasteiger partial charge is 0.497 e. The van der Waals surface area contributed by atoms with Crippen molar-refractivity contribution in [3.05, 3.63) is 112 Å². The minimum Gasteiger partial charge on any atom is -0.497 e. The van der Waals surface area contributed by atoms with E-state index in [4.69, 9.17) is 47.7 Å². The molecule has 5 aromatic rings. The summed E-state index contributed by atoms with van der Waals surface area (Å²) in [6, 6.07) is 29.1. The van der Waals surface area contributed by atoms with Gasteiger partial charge in [-0.1, -0.05) is 65.7 Å². The molecule has 0 aliphatic carbocycles. The minimum atomic E-state index is -0.150. The number of ether oxygens (including phenoxy) is 2. The number of methoxy groups -OCH3 is 2. The van der Waals surface area contributed by atoms with Gasteiger partial charge in [0.15, 0.2) is 0 Å². The third kappa shape index (κ3) is 4.89. The standard InChI is InChI=1S/C31H24Cl2N4O2/c1-38-23-15-16-24(29(17-23)39-2)27-18-28(19-7-11-21(32)12-8-19)37(36-27)31-34-26-6-4-3-5-25(26)30(35-31)20-9-13-22(33)14-10-20/h3-17,28H,18H2,1-2H3/t28-/m1/s1. The molecule has 8 heteroatoms. The summed E-state index contributed by atoms with van der Waals surface area (Å²) in [6.45, 7) is 0. The highest BCUT2D eigenvalue weighted by molar-refractivity contribution is 6.30. The van der Waals surface area contributed by atoms with Crippen molar-refractivity contribution in [3.63, 3.8) is 0 Å². The van der Waals surface area contributed by atoms with E-state index in [1.807, 2.05) is 96.0 Å². The molecule has 0 radical (unpaired) electrons. The van der Waals surface area contributed by atoms with Crippen LogP contribution in [0.4, 0.5) is 5.95 Å². The van der Waals surface area contributed by atoms with Crippen LogP contribution in [0, 0.1) is 0 Å². The van der Waals surface area contributed by atoms with Gasteiger partial charge in [-0.2, -0.15) is 5.10 Å². The number of hydrogen-bond donors (Lipinski definition) is 0. The predicted octanol–water partition coefficient (Wildman–Crippen LogP) is 7.98. The molecular formula is C31H24Cl2N4O2. The van der Waals surface area contributed by atoms with Crippen LogP contribution in [0.3, 0.4) is 0 Å². The molecule has 0 saturated heterocycles. The van der Waals surface area contributed by atoms with Crippen LogP contribution in [0.2, 0.25) is 10.0 Å². The van der Waals surface area contributed by atoms with Crippen molar-refractivity contribution >= 4 is 45.8 Å². The summed E-state index contributed by atoms with van der Waals surface area (Å²) in [5, 5.41) is 9.27. The number of hydrazone groups is 1. The maximum absolute atomic E-state index is 6.22. The summed E-state index contributed by atoms with van der Waals surface area (Å²) in [6.07, 6.45) is 0.622. The zero-order valence-corrected chi connectivity index (χ0v) is 22.8. The lowest BCUT2D eigenvalue weighted by molar-refractivity contribution is 0.394. The van der Waals surface area contributed by atoms with Crippen LogP contribution >= 0.6 is 23.2 Å². The highest BCUT2D eigenvalue weighted by atomic mass is 35.5. The number of fused-ring (bicyclic) bond motifs is 1. The van der Waals surface area contributed by atoms with Crippen molar-refractivity contribution < 1.29 is 9.47 Å². The molecule has 6 nitrogen and oxygen atoms in total. The number of hydrogen-bond acceptors (Lipinski definition) is 6. The Kier molecular flexibility index (Phi) is 6.81. The van der Waals surface area contributed by atoms with Crippen molar-refractivity contribution in [1.82, 2.24) is 9.97 Å². The summed E-state index contributed by atoms with van der Waals surface area (Å²) in [5.41, 5.74) is 5.39. The van der Waals surface area contributed by atoms with Gasteiger partial charge in [0.05, 0.1) is 37.2 Å². The van der Waals surface area contributed by atoms with E-state index < -0.39 is 0 Å². The average Bonchev–Trinajstić information content (AvgIpc) is 3.42. The maximum atomic E-state index is 6.22. The quantitative estimate of drug-likeness (QED) is 0.213. The number of aromatic nitrogens is 2. The summed E-state index contributed by atoms with van der Waals surface area (Å²) in [5.74, 6) is 1.90. The number of rotatable bonds is 6. The van der Waals surface area contributed by atoms with Gasteiger partial charge in [0.2, 0.25) is 5.95 Å². The third-order valence-corrected chi connectivity index (χ3v) is 7.30. The molecular weight excluding hydrogens is 531 g/mol. The van der Waals surface area contributed by atoms with Crippen molar-refractivity contribution in [2.75, 3.05) is 19.2 Å². The van der Waals surface area contributed by atoms with Gasteiger partial charge in [0.1, 0.15) is 11.5 Å². The van der Waals surface area contributed by atoms with E-state index in [1.54, 1.807) is 14.2 Å². The molecule has 1 aliphatic heterocycles. The second-order valence-corrected chi connectivity index (χ2v) is 10.00. The zero-order valence-electron chi connectivity index (χ0n) is 21.3. The SMILES string of the molecule is COc1ccc(C2=NN(c3nc(-c4ccc(Cl)cc4)c4ccccc4n3)[C@@H](c3ccc(Cl)cc3)C2)c(OC)c1. The van der Waals surface area contributed by atoms with E-state index >= 15 is 0 Å². The van der Waals surface area contributed by atoms with Crippen LogP contribution < -0.4 is 14.5 Å². The Balaban J connectivity index is 1.52. The molecule has 1 aliphatic rings. The van der Waals surface area contributed by atoms with Gasteiger partial charge in [-0.25, -0.2) is 15.0 Å². The first-order valence-electron chi connectivity index (χ1n) is 12.4. The second-order valence-electron chi connectivity index (χ2n) is 9.13. The molecule has 0 fully saturated rings. The van der Waals surface area contributed by atoms with Gasteiger partial charge in [0.25, 0.3) is 0 Å². The van der Waals surface area contributed by atoms with Crippen LogP contribution in [-0.2, 0) is 0 Å². The summed E-state index contributed by atoms with van der Waals surface area (Å²) in [4.78, 5) is 10.0. The molecule has 6 rings (SSSR count). The normalized spacial score (nSPS) is 14.9. The molecule has 0 spiro atoms. The Morgan fingerprint density at radius 1 is 0.795 bits per heavy atom. The Morgan fingerprint density at radius 3 is 2.23 bits per heavy atom. The third-order valence-electron chi connectivity index (χ3n) is 6.80. The molecule has 0 bridgehead atoms. The molecule has 39 heavy (non-hydrogen) atoms. The molecule has 194 valence electrons. The van der Waals surface area contributed by atoms with E-state index in [2.05, 4.69) is 0 Å². The van der Waals surface area contributed by atoms with Gasteiger partial charge in [-0.05, 0) is 48.0 Å². The van der Waals surface area contributed by atoms with Gasteiger partial charge in [0, 0.05) is 39.0 Å². The lowest BCUT2D eigenvalue weighted by atomic mass is 9.98. The number of para-hydroxylation sites is 1. The predicted molar refractivity (Wildman–Crippen MR) is 157 cm³/mol. The smallest absolute Gasteiger partial charge is 0.247 e. The fourth-order valence-corrected chi connectivity index (χ4v) is 5.09. The van der Waals surface area contributed by atoms with Gasteiger partial charge >= 0.3 is 0 Å². The fourth-order valence-electron chi connectivity index (χ4n) is 4.83. The minimum absolute atomic E-state index is 0.150. The van der Waals surface area contributed by atoms with E-state index in [1.165, 1.54) is 0 Å². The first kappa shape index (κ1) is 25.2.